The third kappa shape index (κ3) is 4.85. The van der Waals surface area contributed by atoms with Gasteiger partial charge in [0.25, 0.3) is 0 Å². The Balaban J connectivity index is 2.34. The molecule has 1 aromatic rings. The molecule has 94 valence electrons. The molecule has 0 atom stereocenters. The largest absolute Gasteiger partial charge is 0.482 e. The number of benzene rings is 1. The number of hydrogen-bond acceptors (Lipinski definition) is 3. The van der Waals surface area contributed by atoms with Gasteiger partial charge in [-0.25, -0.2) is 9.18 Å². The Kier molecular flexibility index (Phi) is 5.46. The van der Waals surface area contributed by atoms with Crippen LogP contribution in [0.4, 0.5) is 4.39 Å². The number of ether oxygens (including phenoxy) is 2. The highest BCUT2D eigenvalue weighted by Gasteiger charge is 2.05. The molecule has 0 heterocycles. The van der Waals surface area contributed by atoms with E-state index in [0.29, 0.717) is 17.9 Å². The summed E-state index contributed by atoms with van der Waals surface area (Å²) in [4.78, 5) is 11.2. The van der Waals surface area contributed by atoms with Gasteiger partial charge in [0, 0.05) is 0 Å². The number of esters is 1. The number of carbonyl (C=O) groups excluding carboxylic acids is 1. The van der Waals surface area contributed by atoms with Gasteiger partial charge in [0.15, 0.2) is 6.61 Å². The van der Waals surface area contributed by atoms with Crippen molar-refractivity contribution >= 4 is 5.97 Å². The summed E-state index contributed by atoms with van der Waals surface area (Å²) in [5.41, 5.74) is 0.488. The molecule has 0 saturated carbocycles. The van der Waals surface area contributed by atoms with Crippen molar-refractivity contribution in [2.75, 3.05) is 13.2 Å². The molecule has 0 bridgehead atoms. The van der Waals surface area contributed by atoms with E-state index in [1.54, 1.807) is 13.0 Å². The topological polar surface area (TPSA) is 35.5 Å². The van der Waals surface area contributed by atoms with E-state index in [9.17, 15) is 9.18 Å². The first-order valence-corrected chi connectivity index (χ1v) is 5.68. The molecule has 0 radical (unpaired) electrons. The fraction of sp³-hybridized carbons (Fsp3) is 0.462. The van der Waals surface area contributed by atoms with Crippen LogP contribution in [0.3, 0.4) is 0 Å². The van der Waals surface area contributed by atoms with Crippen molar-refractivity contribution < 1.29 is 18.7 Å². The lowest BCUT2D eigenvalue weighted by atomic mass is 10.2. The lowest BCUT2D eigenvalue weighted by Gasteiger charge is -2.07. The molecule has 0 aliphatic carbocycles. The molecule has 17 heavy (non-hydrogen) atoms. The third-order valence-electron chi connectivity index (χ3n) is 2.25. The molecule has 3 nitrogen and oxygen atoms in total. The monoisotopic (exact) mass is 240 g/mol. The van der Waals surface area contributed by atoms with E-state index in [4.69, 9.17) is 9.47 Å². The Bertz CT molecular complexity index is 377. The van der Waals surface area contributed by atoms with Crippen molar-refractivity contribution in [2.24, 2.45) is 0 Å². The summed E-state index contributed by atoms with van der Waals surface area (Å²) in [6, 6.07) is 4.35. The summed E-state index contributed by atoms with van der Waals surface area (Å²) in [7, 11) is 0. The van der Waals surface area contributed by atoms with Gasteiger partial charge < -0.3 is 9.47 Å². The SMILES string of the molecule is CCCCOC(=O)COc1ccc(F)c(C)c1. The second kappa shape index (κ2) is 6.89. The maximum Gasteiger partial charge on any atom is 0.344 e. The Labute approximate surface area is 101 Å². The minimum Gasteiger partial charge on any atom is -0.482 e. The number of rotatable bonds is 6. The zero-order valence-corrected chi connectivity index (χ0v) is 10.2. The van der Waals surface area contributed by atoms with Crippen LogP contribution in [0.25, 0.3) is 0 Å². The van der Waals surface area contributed by atoms with E-state index < -0.39 is 5.97 Å². The normalized spacial score (nSPS) is 10.1. The molecule has 0 spiro atoms. The smallest absolute Gasteiger partial charge is 0.344 e. The van der Waals surface area contributed by atoms with Crippen molar-refractivity contribution in [3.63, 3.8) is 0 Å². The maximum atomic E-state index is 13.0. The van der Waals surface area contributed by atoms with E-state index in [0.717, 1.165) is 12.8 Å². The molecular weight excluding hydrogens is 223 g/mol. The van der Waals surface area contributed by atoms with Crippen molar-refractivity contribution in [3.05, 3.63) is 29.6 Å². The second-order valence-electron chi connectivity index (χ2n) is 3.77. The Hall–Kier alpha value is -1.58. The van der Waals surface area contributed by atoms with Gasteiger partial charge in [-0.2, -0.15) is 0 Å². The first-order chi connectivity index (χ1) is 8.13. The number of hydrogen-bond donors (Lipinski definition) is 0. The molecule has 0 aliphatic rings. The Morgan fingerprint density at radius 2 is 2.18 bits per heavy atom. The summed E-state index contributed by atoms with van der Waals surface area (Å²) in [6.45, 7) is 3.93. The van der Waals surface area contributed by atoms with Crippen LogP contribution >= 0.6 is 0 Å². The van der Waals surface area contributed by atoms with Crippen molar-refractivity contribution in [1.29, 1.82) is 0 Å². The van der Waals surface area contributed by atoms with Crippen molar-refractivity contribution in [2.45, 2.75) is 26.7 Å². The molecule has 0 unspecified atom stereocenters. The number of carbonyl (C=O) groups is 1. The number of aryl methyl sites for hydroxylation is 1. The molecule has 0 amide bonds. The van der Waals surface area contributed by atoms with E-state index >= 15 is 0 Å². The molecule has 0 saturated heterocycles. The lowest BCUT2D eigenvalue weighted by molar-refractivity contribution is -0.146. The average molecular weight is 240 g/mol. The molecule has 0 aromatic heterocycles. The molecule has 0 aliphatic heterocycles. The zero-order chi connectivity index (χ0) is 12.7. The summed E-state index contributed by atoms with van der Waals surface area (Å²) >= 11 is 0. The van der Waals surface area contributed by atoms with Crippen LogP contribution in [0.1, 0.15) is 25.3 Å². The minimum absolute atomic E-state index is 0.144. The van der Waals surface area contributed by atoms with Crippen LogP contribution in [0.5, 0.6) is 5.75 Å². The fourth-order valence-electron chi connectivity index (χ4n) is 1.22. The molecular formula is C13H17FO3. The maximum absolute atomic E-state index is 13.0. The van der Waals surface area contributed by atoms with Gasteiger partial charge in [-0.1, -0.05) is 13.3 Å². The highest BCUT2D eigenvalue weighted by molar-refractivity contribution is 5.71. The summed E-state index contributed by atoms with van der Waals surface area (Å²) in [5.74, 6) is -0.223. The van der Waals surface area contributed by atoms with Gasteiger partial charge in [-0.3, -0.25) is 0 Å². The summed E-state index contributed by atoms with van der Waals surface area (Å²) < 4.78 is 23.1. The molecule has 4 heteroatoms. The van der Waals surface area contributed by atoms with Crippen LogP contribution in [-0.2, 0) is 9.53 Å². The average Bonchev–Trinajstić information content (AvgIpc) is 2.31. The highest BCUT2D eigenvalue weighted by atomic mass is 19.1. The second-order valence-corrected chi connectivity index (χ2v) is 3.77. The lowest BCUT2D eigenvalue weighted by Crippen LogP contribution is -2.15. The van der Waals surface area contributed by atoms with Gasteiger partial charge in [0.2, 0.25) is 0 Å². The van der Waals surface area contributed by atoms with Crippen LogP contribution in [-0.4, -0.2) is 19.2 Å². The van der Waals surface area contributed by atoms with Gasteiger partial charge in [0.1, 0.15) is 11.6 Å². The van der Waals surface area contributed by atoms with Gasteiger partial charge in [-0.15, -0.1) is 0 Å². The molecule has 1 rings (SSSR count). The first kappa shape index (κ1) is 13.5. The van der Waals surface area contributed by atoms with E-state index in [1.807, 2.05) is 6.92 Å². The molecule has 1 aromatic carbocycles. The predicted molar refractivity (Wildman–Crippen MR) is 62.5 cm³/mol. The van der Waals surface area contributed by atoms with Crippen LogP contribution in [0.2, 0.25) is 0 Å². The van der Waals surface area contributed by atoms with Gasteiger partial charge in [-0.05, 0) is 37.1 Å². The summed E-state index contributed by atoms with van der Waals surface area (Å²) in [5, 5.41) is 0. The van der Waals surface area contributed by atoms with E-state index in [1.165, 1.54) is 12.1 Å². The fourth-order valence-corrected chi connectivity index (χ4v) is 1.22. The number of halogens is 1. The third-order valence-corrected chi connectivity index (χ3v) is 2.25. The van der Waals surface area contributed by atoms with Gasteiger partial charge >= 0.3 is 5.97 Å². The molecule has 0 N–H and O–H groups in total. The molecule has 0 fully saturated rings. The summed E-state index contributed by atoms with van der Waals surface area (Å²) in [6.07, 6.45) is 1.83. The van der Waals surface area contributed by atoms with Crippen molar-refractivity contribution in [1.82, 2.24) is 0 Å². The number of unbranched alkanes of at least 4 members (excludes halogenated alkanes) is 1. The van der Waals surface area contributed by atoms with E-state index in [-0.39, 0.29) is 12.4 Å². The predicted octanol–water partition coefficient (Wildman–Crippen LogP) is 2.86. The van der Waals surface area contributed by atoms with Crippen LogP contribution in [0.15, 0.2) is 18.2 Å². The zero-order valence-electron chi connectivity index (χ0n) is 10.2. The van der Waals surface area contributed by atoms with Crippen molar-refractivity contribution in [3.8, 4) is 5.75 Å². The van der Waals surface area contributed by atoms with Gasteiger partial charge in [0.05, 0.1) is 6.61 Å². The van der Waals surface area contributed by atoms with Crippen LogP contribution < -0.4 is 4.74 Å². The van der Waals surface area contributed by atoms with E-state index in [2.05, 4.69) is 0 Å². The van der Waals surface area contributed by atoms with Crippen LogP contribution in [0, 0.1) is 12.7 Å². The standard InChI is InChI=1S/C13H17FO3/c1-3-4-7-16-13(15)9-17-11-5-6-12(14)10(2)8-11/h5-6,8H,3-4,7,9H2,1-2H3. The quantitative estimate of drug-likeness (QED) is 0.566. The Morgan fingerprint density at radius 1 is 1.41 bits per heavy atom. The Morgan fingerprint density at radius 3 is 2.82 bits per heavy atom. The minimum atomic E-state index is -0.402. The highest BCUT2D eigenvalue weighted by Crippen LogP contribution is 2.15. The first-order valence-electron chi connectivity index (χ1n) is 5.68.